The molecule has 0 atom stereocenters. The minimum atomic E-state index is -4.44. The van der Waals surface area contributed by atoms with Crippen LogP contribution in [0, 0.1) is 0 Å². The van der Waals surface area contributed by atoms with Gasteiger partial charge in [0.25, 0.3) is 0 Å². The molecule has 0 bridgehead atoms. The summed E-state index contributed by atoms with van der Waals surface area (Å²) in [5, 5.41) is 2.53. The molecule has 13 heavy (non-hydrogen) atoms. The Morgan fingerprint density at radius 3 is 2.62 bits per heavy atom. The summed E-state index contributed by atoms with van der Waals surface area (Å²) < 4.78 is 36.6. The zero-order valence-corrected chi connectivity index (χ0v) is 8.15. The third-order valence-electron chi connectivity index (χ3n) is 1.21. The highest BCUT2D eigenvalue weighted by molar-refractivity contribution is 7.19. The number of hydrogen-bond acceptors (Lipinski definition) is 3. The van der Waals surface area contributed by atoms with E-state index in [-0.39, 0.29) is 9.47 Å². The van der Waals surface area contributed by atoms with Gasteiger partial charge in [0.05, 0.1) is 0 Å². The summed E-state index contributed by atoms with van der Waals surface area (Å²) in [6.07, 6.45) is -4.44. The summed E-state index contributed by atoms with van der Waals surface area (Å²) in [6.45, 7) is 2.11. The molecule has 0 amide bonds. The minimum absolute atomic E-state index is 0.0278. The maximum absolute atomic E-state index is 12.2. The van der Waals surface area contributed by atoms with Crippen molar-refractivity contribution < 1.29 is 13.2 Å². The first-order chi connectivity index (χ1) is 5.95. The molecule has 1 N–H and O–H groups in total. The number of aromatic nitrogens is 1. The van der Waals surface area contributed by atoms with Crippen LogP contribution in [0.1, 0.15) is 12.6 Å². The predicted molar refractivity (Wildman–Crippen MR) is 46.3 cm³/mol. The van der Waals surface area contributed by atoms with Gasteiger partial charge in [0.1, 0.15) is 5.00 Å². The molecule has 1 aromatic rings. The monoisotopic (exact) mass is 230 g/mol. The van der Waals surface area contributed by atoms with Crippen molar-refractivity contribution in [2.24, 2.45) is 0 Å². The van der Waals surface area contributed by atoms with E-state index in [1.54, 1.807) is 6.92 Å². The quantitative estimate of drug-likeness (QED) is 0.844. The van der Waals surface area contributed by atoms with Crippen molar-refractivity contribution in [2.45, 2.75) is 13.1 Å². The van der Waals surface area contributed by atoms with E-state index in [9.17, 15) is 13.2 Å². The van der Waals surface area contributed by atoms with E-state index in [4.69, 9.17) is 11.6 Å². The highest BCUT2D eigenvalue weighted by Crippen LogP contribution is 2.39. The topological polar surface area (TPSA) is 24.9 Å². The lowest BCUT2D eigenvalue weighted by Crippen LogP contribution is -2.09. The van der Waals surface area contributed by atoms with Gasteiger partial charge in [-0.3, -0.25) is 0 Å². The molecule has 74 valence electrons. The maximum Gasteiger partial charge on any atom is 0.436 e. The van der Waals surface area contributed by atoms with Crippen LogP contribution in [0.3, 0.4) is 0 Å². The largest absolute Gasteiger partial charge is 0.436 e. The molecule has 1 rings (SSSR count). The van der Waals surface area contributed by atoms with Crippen LogP contribution in [0.4, 0.5) is 18.2 Å². The Morgan fingerprint density at radius 2 is 2.15 bits per heavy atom. The third kappa shape index (κ3) is 2.47. The fourth-order valence-corrected chi connectivity index (χ4v) is 1.86. The first-order valence-electron chi connectivity index (χ1n) is 3.42. The lowest BCUT2D eigenvalue weighted by Gasteiger charge is -2.05. The van der Waals surface area contributed by atoms with Gasteiger partial charge in [-0.1, -0.05) is 22.9 Å². The molecule has 0 unspecified atom stereocenters. The Bertz CT molecular complexity index is 297. The Kier molecular flexibility index (Phi) is 3.02. The van der Waals surface area contributed by atoms with Gasteiger partial charge >= 0.3 is 6.18 Å². The normalized spacial score (nSPS) is 11.8. The van der Waals surface area contributed by atoms with Gasteiger partial charge in [0.2, 0.25) is 0 Å². The molecular weight excluding hydrogens is 225 g/mol. The second-order valence-electron chi connectivity index (χ2n) is 2.17. The molecule has 0 spiro atoms. The number of nitrogens with one attached hydrogen (secondary N) is 1. The SMILES string of the molecule is CCNc1sc(Cl)nc1C(F)(F)F. The molecule has 0 aromatic carbocycles. The Morgan fingerprint density at radius 1 is 1.54 bits per heavy atom. The van der Waals surface area contributed by atoms with Gasteiger partial charge in [-0.25, -0.2) is 4.98 Å². The molecule has 0 aliphatic rings. The van der Waals surface area contributed by atoms with Crippen LogP contribution >= 0.6 is 22.9 Å². The molecule has 0 aliphatic heterocycles. The van der Waals surface area contributed by atoms with Crippen molar-refractivity contribution in [1.82, 2.24) is 4.98 Å². The standard InChI is InChI=1S/C6H6ClF3N2S/c1-2-11-4-3(6(8,9)10)12-5(7)13-4/h11H,2H2,1H3. The first-order valence-corrected chi connectivity index (χ1v) is 4.62. The average Bonchev–Trinajstić information content (AvgIpc) is 2.30. The molecule has 0 fully saturated rings. The van der Waals surface area contributed by atoms with Crippen LogP contribution in [0.15, 0.2) is 0 Å². The first kappa shape index (κ1) is 10.6. The number of anilines is 1. The van der Waals surface area contributed by atoms with Crippen molar-refractivity contribution in [3.63, 3.8) is 0 Å². The van der Waals surface area contributed by atoms with Crippen LogP contribution in [-0.4, -0.2) is 11.5 Å². The van der Waals surface area contributed by atoms with E-state index < -0.39 is 11.9 Å². The lowest BCUT2D eigenvalue weighted by molar-refractivity contribution is -0.140. The number of hydrogen-bond donors (Lipinski definition) is 1. The Hall–Kier alpha value is -0.490. The minimum Gasteiger partial charge on any atom is -0.375 e. The van der Waals surface area contributed by atoms with Crippen LogP contribution in [0.5, 0.6) is 0 Å². The zero-order chi connectivity index (χ0) is 10.1. The number of thiazole rings is 1. The van der Waals surface area contributed by atoms with Crippen LogP contribution in [0.2, 0.25) is 4.47 Å². The van der Waals surface area contributed by atoms with Gasteiger partial charge in [0, 0.05) is 6.54 Å². The summed E-state index contributed by atoms with van der Waals surface area (Å²) in [7, 11) is 0. The summed E-state index contributed by atoms with van der Waals surface area (Å²) in [5.74, 6) is 0. The van der Waals surface area contributed by atoms with E-state index in [0.29, 0.717) is 6.54 Å². The Balaban J connectivity index is 3.04. The number of nitrogens with zero attached hydrogens (tertiary/aromatic N) is 1. The molecule has 0 aliphatic carbocycles. The van der Waals surface area contributed by atoms with Crippen LogP contribution in [0.25, 0.3) is 0 Å². The molecule has 0 saturated carbocycles. The average molecular weight is 231 g/mol. The van der Waals surface area contributed by atoms with Crippen molar-refractivity contribution in [3.8, 4) is 0 Å². The highest BCUT2D eigenvalue weighted by atomic mass is 35.5. The van der Waals surface area contributed by atoms with E-state index in [0.717, 1.165) is 11.3 Å². The molecule has 0 saturated heterocycles. The molecule has 2 nitrogen and oxygen atoms in total. The summed E-state index contributed by atoms with van der Waals surface area (Å²) in [4.78, 5) is 3.20. The molecule has 0 radical (unpaired) electrons. The summed E-state index contributed by atoms with van der Waals surface area (Å²) in [6, 6.07) is 0. The fourth-order valence-electron chi connectivity index (χ4n) is 0.767. The van der Waals surface area contributed by atoms with E-state index in [1.165, 1.54) is 0 Å². The van der Waals surface area contributed by atoms with Gasteiger partial charge in [0.15, 0.2) is 10.2 Å². The predicted octanol–water partition coefficient (Wildman–Crippen LogP) is 3.25. The van der Waals surface area contributed by atoms with Crippen molar-refractivity contribution in [3.05, 3.63) is 10.2 Å². The molecule has 1 aromatic heterocycles. The van der Waals surface area contributed by atoms with Gasteiger partial charge < -0.3 is 5.32 Å². The van der Waals surface area contributed by atoms with Crippen LogP contribution in [-0.2, 0) is 6.18 Å². The number of halogens is 4. The van der Waals surface area contributed by atoms with E-state index in [2.05, 4.69) is 10.3 Å². The highest BCUT2D eigenvalue weighted by Gasteiger charge is 2.37. The van der Waals surface area contributed by atoms with Crippen molar-refractivity contribution >= 4 is 27.9 Å². The number of rotatable bonds is 2. The lowest BCUT2D eigenvalue weighted by atomic mass is 10.4. The van der Waals surface area contributed by atoms with Gasteiger partial charge in [-0.2, -0.15) is 13.2 Å². The van der Waals surface area contributed by atoms with E-state index in [1.807, 2.05) is 0 Å². The van der Waals surface area contributed by atoms with Crippen molar-refractivity contribution in [2.75, 3.05) is 11.9 Å². The summed E-state index contributed by atoms with van der Waals surface area (Å²) >= 11 is 6.16. The van der Waals surface area contributed by atoms with Crippen LogP contribution < -0.4 is 5.32 Å². The third-order valence-corrected chi connectivity index (χ3v) is 2.32. The molecule has 1 heterocycles. The van der Waals surface area contributed by atoms with Gasteiger partial charge in [-0.05, 0) is 6.92 Å². The Labute approximate surface area is 81.7 Å². The second-order valence-corrected chi connectivity index (χ2v) is 3.75. The molecule has 7 heteroatoms. The van der Waals surface area contributed by atoms with Crippen molar-refractivity contribution in [1.29, 1.82) is 0 Å². The molecular formula is C6H6ClF3N2S. The van der Waals surface area contributed by atoms with E-state index >= 15 is 0 Å². The second kappa shape index (κ2) is 3.71. The zero-order valence-electron chi connectivity index (χ0n) is 6.57. The summed E-state index contributed by atoms with van der Waals surface area (Å²) in [5.41, 5.74) is -0.940. The van der Waals surface area contributed by atoms with Gasteiger partial charge in [-0.15, -0.1) is 0 Å². The fraction of sp³-hybridized carbons (Fsp3) is 0.500. The smallest absolute Gasteiger partial charge is 0.375 e. The maximum atomic E-state index is 12.2. The number of alkyl halides is 3.